The molecule has 1 saturated heterocycles. The van der Waals surface area contributed by atoms with E-state index in [0.29, 0.717) is 18.7 Å². The van der Waals surface area contributed by atoms with Crippen LogP contribution in [0.25, 0.3) is 0 Å². The third-order valence-electron chi connectivity index (χ3n) is 5.29. The van der Waals surface area contributed by atoms with E-state index in [1.807, 2.05) is 12.1 Å². The normalized spacial score (nSPS) is 22.1. The first-order valence-corrected chi connectivity index (χ1v) is 9.55. The van der Waals surface area contributed by atoms with Crippen molar-refractivity contribution in [2.45, 2.75) is 24.1 Å². The Morgan fingerprint density at radius 2 is 1.72 bits per heavy atom. The maximum atomic E-state index is 14.0. The lowest BCUT2D eigenvalue weighted by Gasteiger charge is -2.36. The Bertz CT molecular complexity index is 952. The Labute approximate surface area is 174 Å². The van der Waals surface area contributed by atoms with Crippen molar-refractivity contribution in [3.8, 4) is 0 Å². The number of oxime groups is 1. The summed E-state index contributed by atoms with van der Waals surface area (Å²) in [5.74, 6) is 0.235. The van der Waals surface area contributed by atoms with E-state index in [9.17, 15) is 18.0 Å². The van der Waals surface area contributed by atoms with Crippen molar-refractivity contribution in [3.63, 3.8) is 0 Å². The number of carbonyl (C=O) groups excluding carboxylic acids is 1. The van der Waals surface area contributed by atoms with Gasteiger partial charge in [0.05, 0.1) is 5.71 Å². The average Bonchev–Trinajstić information content (AvgIpc) is 3.07. The van der Waals surface area contributed by atoms with E-state index in [4.69, 9.17) is 28.0 Å². The second kappa shape index (κ2) is 7.22. The SMILES string of the molecule is O=CN1CC(c2ccc(C3=NOC(c4cc(Cl)cc(Cl)c4)(C(F)(F)F)C3)cc2)C1. The van der Waals surface area contributed by atoms with Gasteiger partial charge in [-0.25, -0.2) is 0 Å². The van der Waals surface area contributed by atoms with Crippen LogP contribution in [0.15, 0.2) is 47.6 Å². The Balaban J connectivity index is 1.59. The van der Waals surface area contributed by atoms with E-state index in [1.165, 1.54) is 18.2 Å². The smallest absolute Gasteiger partial charge is 0.374 e. The first kappa shape index (κ1) is 20.0. The molecule has 2 aliphatic rings. The summed E-state index contributed by atoms with van der Waals surface area (Å²) in [4.78, 5) is 17.3. The lowest BCUT2D eigenvalue weighted by Crippen LogP contribution is -2.43. The van der Waals surface area contributed by atoms with Gasteiger partial charge in [0.25, 0.3) is 5.60 Å². The van der Waals surface area contributed by atoms with Gasteiger partial charge >= 0.3 is 6.18 Å². The molecule has 152 valence electrons. The molecule has 9 heteroatoms. The molecular weight excluding hydrogens is 428 g/mol. The summed E-state index contributed by atoms with van der Waals surface area (Å²) in [6.07, 6.45) is -4.42. The van der Waals surface area contributed by atoms with Crippen LogP contribution in [0.5, 0.6) is 0 Å². The molecule has 0 N–H and O–H groups in total. The van der Waals surface area contributed by atoms with Crippen molar-refractivity contribution < 1.29 is 22.8 Å². The van der Waals surface area contributed by atoms with Crippen LogP contribution < -0.4 is 0 Å². The minimum absolute atomic E-state index is 0.0856. The molecule has 2 heterocycles. The molecule has 1 atom stereocenters. The van der Waals surface area contributed by atoms with Gasteiger partial charge < -0.3 is 9.74 Å². The molecule has 29 heavy (non-hydrogen) atoms. The third-order valence-corrected chi connectivity index (χ3v) is 5.73. The average molecular weight is 443 g/mol. The van der Waals surface area contributed by atoms with E-state index >= 15 is 0 Å². The van der Waals surface area contributed by atoms with Crippen molar-refractivity contribution in [3.05, 3.63) is 69.2 Å². The van der Waals surface area contributed by atoms with Gasteiger partial charge in [0, 0.05) is 41.0 Å². The topological polar surface area (TPSA) is 41.9 Å². The standard InChI is InChI=1S/C20H15Cl2F3N2O2/c21-16-5-15(6-17(22)7-16)19(20(23,24)25)8-18(26-29-19)13-3-1-12(2-4-13)14-9-27(10-14)11-28/h1-7,11,14H,8-10H2. The van der Waals surface area contributed by atoms with Gasteiger partial charge in [0.2, 0.25) is 6.41 Å². The second-order valence-corrected chi connectivity index (χ2v) is 8.04. The van der Waals surface area contributed by atoms with Crippen LogP contribution in [-0.4, -0.2) is 36.3 Å². The molecule has 0 radical (unpaired) electrons. The van der Waals surface area contributed by atoms with Crippen LogP contribution in [-0.2, 0) is 15.2 Å². The van der Waals surface area contributed by atoms with Gasteiger partial charge in [-0.15, -0.1) is 0 Å². The Morgan fingerprint density at radius 3 is 2.28 bits per heavy atom. The highest BCUT2D eigenvalue weighted by Gasteiger charge is 2.62. The van der Waals surface area contributed by atoms with Crippen molar-refractivity contribution >= 4 is 35.3 Å². The summed E-state index contributed by atoms with van der Waals surface area (Å²) >= 11 is 11.8. The van der Waals surface area contributed by atoms with E-state index in [-0.39, 0.29) is 27.2 Å². The van der Waals surface area contributed by atoms with Crippen LogP contribution in [0, 0.1) is 0 Å². The van der Waals surface area contributed by atoms with Crippen molar-refractivity contribution in [2.24, 2.45) is 5.16 Å². The molecule has 2 aliphatic heterocycles. The summed E-state index contributed by atoms with van der Waals surface area (Å²) in [5, 5.41) is 3.92. The van der Waals surface area contributed by atoms with Gasteiger partial charge in [0.15, 0.2) is 0 Å². The number of hydrogen-bond acceptors (Lipinski definition) is 3. The molecule has 0 spiro atoms. The third kappa shape index (κ3) is 3.57. The maximum Gasteiger partial charge on any atom is 0.435 e. The minimum Gasteiger partial charge on any atom is -0.374 e. The van der Waals surface area contributed by atoms with Crippen molar-refractivity contribution in [2.75, 3.05) is 13.1 Å². The number of carbonyl (C=O) groups is 1. The molecule has 4 nitrogen and oxygen atoms in total. The first-order chi connectivity index (χ1) is 13.7. The number of nitrogens with zero attached hydrogens (tertiary/aromatic N) is 2. The van der Waals surface area contributed by atoms with Crippen molar-refractivity contribution in [1.82, 2.24) is 4.90 Å². The van der Waals surface area contributed by atoms with Crippen LogP contribution >= 0.6 is 23.2 Å². The lowest BCUT2D eigenvalue weighted by atomic mass is 9.86. The van der Waals surface area contributed by atoms with Gasteiger partial charge in [0.1, 0.15) is 0 Å². The summed E-state index contributed by atoms with van der Waals surface area (Å²) in [6.45, 7) is 1.28. The number of halogens is 5. The molecule has 0 bridgehead atoms. The number of benzene rings is 2. The van der Waals surface area contributed by atoms with Gasteiger partial charge in [-0.2, -0.15) is 13.2 Å². The summed E-state index contributed by atoms with van der Waals surface area (Å²) in [6, 6.07) is 10.9. The number of alkyl halides is 3. The van der Waals surface area contributed by atoms with E-state index in [2.05, 4.69) is 5.16 Å². The molecule has 2 aromatic rings. The largest absolute Gasteiger partial charge is 0.435 e. The molecule has 4 rings (SSSR count). The monoisotopic (exact) mass is 442 g/mol. The zero-order chi connectivity index (χ0) is 20.8. The molecule has 1 amide bonds. The number of hydrogen-bond donors (Lipinski definition) is 0. The predicted molar refractivity (Wildman–Crippen MR) is 103 cm³/mol. The highest BCUT2D eigenvalue weighted by Crippen LogP contribution is 2.49. The van der Waals surface area contributed by atoms with Gasteiger partial charge in [-0.05, 0) is 29.3 Å². The fraction of sp³-hybridized carbons (Fsp3) is 0.300. The van der Waals surface area contributed by atoms with Crippen LogP contribution in [0.1, 0.15) is 29.0 Å². The van der Waals surface area contributed by atoms with Crippen LogP contribution in [0.2, 0.25) is 10.0 Å². The highest BCUT2D eigenvalue weighted by atomic mass is 35.5. The quantitative estimate of drug-likeness (QED) is 0.615. The molecule has 2 aromatic carbocycles. The summed E-state index contributed by atoms with van der Waals surface area (Å²) < 4.78 is 42.1. The zero-order valence-corrected chi connectivity index (χ0v) is 16.4. The second-order valence-electron chi connectivity index (χ2n) is 7.17. The van der Waals surface area contributed by atoms with Crippen LogP contribution in [0.4, 0.5) is 13.2 Å². The molecule has 1 unspecified atom stereocenters. The fourth-order valence-electron chi connectivity index (χ4n) is 3.60. The highest BCUT2D eigenvalue weighted by molar-refractivity contribution is 6.34. The Hall–Kier alpha value is -2.25. The number of amides is 1. The summed E-state index contributed by atoms with van der Waals surface area (Å²) in [7, 11) is 0. The molecule has 0 aromatic heterocycles. The lowest BCUT2D eigenvalue weighted by molar-refractivity contribution is -0.275. The Morgan fingerprint density at radius 1 is 1.10 bits per heavy atom. The van der Waals surface area contributed by atoms with E-state index in [1.54, 1.807) is 17.0 Å². The molecular formula is C20H15Cl2F3N2O2. The first-order valence-electron chi connectivity index (χ1n) is 8.80. The Kier molecular flexibility index (Phi) is 4.99. The maximum absolute atomic E-state index is 14.0. The fourth-order valence-corrected chi connectivity index (χ4v) is 4.13. The number of rotatable bonds is 4. The molecule has 0 aliphatic carbocycles. The van der Waals surface area contributed by atoms with Crippen LogP contribution in [0.3, 0.4) is 0 Å². The van der Waals surface area contributed by atoms with E-state index < -0.39 is 18.2 Å². The number of likely N-dealkylation sites (tertiary alicyclic amines) is 1. The predicted octanol–water partition coefficient (Wildman–Crippen LogP) is 5.13. The van der Waals surface area contributed by atoms with Gasteiger partial charge in [-0.3, -0.25) is 4.79 Å². The minimum atomic E-state index is -4.73. The van der Waals surface area contributed by atoms with Crippen molar-refractivity contribution in [1.29, 1.82) is 0 Å². The summed E-state index contributed by atoms with van der Waals surface area (Å²) in [5.41, 5.74) is -1.09. The van der Waals surface area contributed by atoms with E-state index in [0.717, 1.165) is 12.0 Å². The molecule has 1 fully saturated rings. The van der Waals surface area contributed by atoms with Gasteiger partial charge in [-0.1, -0.05) is 52.6 Å². The zero-order valence-electron chi connectivity index (χ0n) is 14.9. The molecule has 0 saturated carbocycles.